The average Bonchev–Trinajstić information content (AvgIpc) is 2.45. The first-order valence-corrected chi connectivity index (χ1v) is 8.26. The number of nitriles is 1. The van der Waals surface area contributed by atoms with Crippen molar-refractivity contribution in [1.29, 1.82) is 5.26 Å². The SMILES string of the molecule is CC1(C)CCC(NC2CC(C#N)(c3ccccc3)C2)CC1. The van der Waals surface area contributed by atoms with Crippen molar-refractivity contribution in [3.63, 3.8) is 0 Å². The standard InChI is InChI=1S/C19H26N2/c1-18(2)10-8-16(9-11-18)21-17-12-19(13-17,14-20)15-6-4-3-5-7-15/h3-7,16-17,21H,8-13H2,1-2H3. The average molecular weight is 282 g/mol. The maximum atomic E-state index is 9.60. The van der Waals surface area contributed by atoms with Gasteiger partial charge in [-0.3, -0.25) is 0 Å². The summed E-state index contributed by atoms with van der Waals surface area (Å²) < 4.78 is 0. The summed E-state index contributed by atoms with van der Waals surface area (Å²) in [6.07, 6.45) is 7.14. The van der Waals surface area contributed by atoms with Crippen molar-refractivity contribution in [3.8, 4) is 6.07 Å². The zero-order chi connectivity index (χ0) is 14.9. The fourth-order valence-corrected chi connectivity index (χ4v) is 3.95. The van der Waals surface area contributed by atoms with Gasteiger partial charge in [-0.05, 0) is 49.5 Å². The lowest BCUT2D eigenvalue weighted by atomic mass is 9.62. The molecule has 0 saturated heterocycles. The molecule has 0 aromatic heterocycles. The molecule has 2 fully saturated rings. The topological polar surface area (TPSA) is 35.8 Å². The summed E-state index contributed by atoms with van der Waals surface area (Å²) in [7, 11) is 0. The van der Waals surface area contributed by atoms with Crippen molar-refractivity contribution in [3.05, 3.63) is 35.9 Å². The normalized spacial score (nSPS) is 32.1. The summed E-state index contributed by atoms with van der Waals surface area (Å²) in [6, 6.07) is 14.1. The molecule has 1 aromatic carbocycles. The maximum absolute atomic E-state index is 9.60. The van der Waals surface area contributed by atoms with Gasteiger partial charge in [0.05, 0.1) is 11.5 Å². The molecule has 0 unspecified atom stereocenters. The zero-order valence-corrected chi connectivity index (χ0v) is 13.2. The summed E-state index contributed by atoms with van der Waals surface area (Å²) in [5.74, 6) is 0. The Balaban J connectivity index is 1.55. The second-order valence-electron chi connectivity index (χ2n) is 7.77. The summed E-state index contributed by atoms with van der Waals surface area (Å²) in [6.45, 7) is 4.76. The van der Waals surface area contributed by atoms with Crippen LogP contribution in [0.2, 0.25) is 0 Å². The molecule has 0 bridgehead atoms. The van der Waals surface area contributed by atoms with Crippen molar-refractivity contribution in [2.24, 2.45) is 5.41 Å². The van der Waals surface area contributed by atoms with Crippen molar-refractivity contribution in [1.82, 2.24) is 5.32 Å². The van der Waals surface area contributed by atoms with Crippen LogP contribution in [0, 0.1) is 16.7 Å². The molecule has 2 aliphatic carbocycles. The highest BCUT2D eigenvalue weighted by atomic mass is 15.0. The van der Waals surface area contributed by atoms with Crippen molar-refractivity contribution in [2.75, 3.05) is 0 Å². The van der Waals surface area contributed by atoms with Gasteiger partial charge in [0, 0.05) is 12.1 Å². The van der Waals surface area contributed by atoms with E-state index >= 15 is 0 Å². The minimum absolute atomic E-state index is 0.243. The zero-order valence-electron chi connectivity index (χ0n) is 13.2. The van der Waals surface area contributed by atoms with Gasteiger partial charge in [-0.2, -0.15) is 5.26 Å². The number of rotatable bonds is 3. The Hall–Kier alpha value is -1.33. The molecule has 21 heavy (non-hydrogen) atoms. The van der Waals surface area contributed by atoms with Crippen molar-refractivity contribution in [2.45, 2.75) is 69.9 Å². The molecule has 2 aliphatic rings. The quantitative estimate of drug-likeness (QED) is 0.903. The first kappa shape index (κ1) is 14.6. The molecule has 1 N–H and O–H groups in total. The van der Waals surface area contributed by atoms with E-state index in [0.717, 1.165) is 12.8 Å². The lowest BCUT2D eigenvalue weighted by molar-refractivity contribution is 0.156. The number of hydrogen-bond acceptors (Lipinski definition) is 2. The molecule has 0 spiro atoms. The lowest BCUT2D eigenvalue weighted by Gasteiger charge is -2.46. The van der Waals surface area contributed by atoms with Crippen molar-refractivity contribution >= 4 is 0 Å². The molecule has 0 aliphatic heterocycles. The third-order valence-electron chi connectivity index (χ3n) is 5.54. The van der Waals surface area contributed by atoms with Gasteiger partial charge in [-0.25, -0.2) is 0 Å². The Labute approximate surface area is 128 Å². The highest BCUT2D eigenvalue weighted by molar-refractivity contribution is 5.36. The van der Waals surface area contributed by atoms with E-state index in [1.54, 1.807) is 0 Å². The molecule has 2 saturated carbocycles. The Morgan fingerprint density at radius 1 is 1.05 bits per heavy atom. The predicted molar refractivity (Wildman–Crippen MR) is 85.9 cm³/mol. The van der Waals surface area contributed by atoms with Crippen molar-refractivity contribution < 1.29 is 0 Å². The van der Waals surface area contributed by atoms with Gasteiger partial charge in [-0.15, -0.1) is 0 Å². The van der Waals surface area contributed by atoms with E-state index < -0.39 is 0 Å². The molecular formula is C19H26N2. The number of nitrogens with zero attached hydrogens (tertiary/aromatic N) is 1. The summed E-state index contributed by atoms with van der Waals surface area (Å²) in [4.78, 5) is 0. The van der Waals surface area contributed by atoms with Crippen LogP contribution in [0.25, 0.3) is 0 Å². The molecule has 3 rings (SSSR count). The molecule has 2 nitrogen and oxygen atoms in total. The van der Waals surface area contributed by atoms with Gasteiger partial charge in [0.2, 0.25) is 0 Å². The van der Waals surface area contributed by atoms with E-state index in [2.05, 4.69) is 37.4 Å². The number of nitrogens with one attached hydrogen (secondary N) is 1. The Kier molecular flexibility index (Phi) is 3.80. The van der Waals surface area contributed by atoms with Gasteiger partial charge < -0.3 is 5.32 Å². The first-order chi connectivity index (χ1) is 10.0. The summed E-state index contributed by atoms with van der Waals surface area (Å²) >= 11 is 0. The van der Waals surface area contributed by atoms with Crippen LogP contribution in [0.1, 0.15) is 57.9 Å². The highest BCUT2D eigenvalue weighted by Gasteiger charge is 2.46. The van der Waals surface area contributed by atoms with Crippen LogP contribution in [-0.2, 0) is 5.41 Å². The van der Waals surface area contributed by atoms with Gasteiger partial charge >= 0.3 is 0 Å². The van der Waals surface area contributed by atoms with Gasteiger partial charge in [-0.1, -0.05) is 44.2 Å². The van der Waals surface area contributed by atoms with Crippen LogP contribution >= 0.6 is 0 Å². The van der Waals surface area contributed by atoms with Gasteiger partial charge in [0.15, 0.2) is 0 Å². The summed E-state index contributed by atoms with van der Waals surface area (Å²) in [5.41, 5.74) is 1.47. The van der Waals surface area contributed by atoms with E-state index in [9.17, 15) is 5.26 Å². The molecule has 112 valence electrons. The van der Waals surface area contributed by atoms with Crippen LogP contribution in [0.15, 0.2) is 30.3 Å². The molecule has 2 heteroatoms. The van der Waals surface area contributed by atoms with E-state index in [1.807, 2.05) is 18.2 Å². The molecule has 0 heterocycles. The van der Waals surface area contributed by atoms with E-state index in [-0.39, 0.29) is 5.41 Å². The highest BCUT2D eigenvalue weighted by Crippen LogP contribution is 2.44. The smallest absolute Gasteiger partial charge is 0.0852 e. The minimum atomic E-state index is -0.243. The largest absolute Gasteiger partial charge is 0.311 e. The molecule has 1 aromatic rings. The molecular weight excluding hydrogens is 256 g/mol. The Morgan fingerprint density at radius 3 is 2.24 bits per heavy atom. The van der Waals surface area contributed by atoms with E-state index in [0.29, 0.717) is 17.5 Å². The Morgan fingerprint density at radius 2 is 1.67 bits per heavy atom. The summed E-state index contributed by atoms with van der Waals surface area (Å²) in [5, 5.41) is 13.4. The minimum Gasteiger partial charge on any atom is -0.311 e. The second-order valence-corrected chi connectivity index (χ2v) is 7.77. The maximum Gasteiger partial charge on any atom is 0.0852 e. The first-order valence-electron chi connectivity index (χ1n) is 8.26. The predicted octanol–water partition coefficient (Wildman–Crippen LogP) is 4.17. The monoisotopic (exact) mass is 282 g/mol. The van der Waals surface area contributed by atoms with Crippen LogP contribution < -0.4 is 5.32 Å². The molecule has 0 atom stereocenters. The van der Waals surface area contributed by atoms with Gasteiger partial charge in [0.1, 0.15) is 0 Å². The van der Waals surface area contributed by atoms with Crippen LogP contribution in [0.5, 0.6) is 0 Å². The second kappa shape index (κ2) is 5.46. The third kappa shape index (κ3) is 2.99. The van der Waals surface area contributed by atoms with Crippen LogP contribution in [-0.4, -0.2) is 12.1 Å². The van der Waals surface area contributed by atoms with E-state index in [1.165, 1.54) is 31.2 Å². The van der Waals surface area contributed by atoms with Crippen LogP contribution in [0.4, 0.5) is 0 Å². The Bertz CT molecular complexity index is 510. The van der Waals surface area contributed by atoms with Crippen LogP contribution in [0.3, 0.4) is 0 Å². The molecule has 0 amide bonds. The molecule has 0 radical (unpaired) electrons. The number of benzene rings is 1. The van der Waals surface area contributed by atoms with E-state index in [4.69, 9.17) is 0 Å². The fourth-order valence-electron chi connectivity index (χ4n) is 3.95. The van der Waals surface area contributed by atoms with Gasteiger partial charge in [0.25, 0.3) is 0 Å². The number of hydrogen-bond donors (Lipinski definition) is 1. The third-order valence-corrected chi connectivity index (χ3v) is 5.54. The lowest BCUT2D eigenvalue weighted by Crippen LogP contribution is -2.54. The fraction of sp³-hybridized carbons (Fsp3) is 0.632.